The lowest BCUT2D eigenvalue weighted by Gasteiger charge is -2.20. The van der Waals surface area contributed by atoms with Gasteiger partial charge in [-0.1, -0.05) is 29.8 Å². The molecule has 0 unspecified atom stereocenters. The second-order valence-electron chi connectivity index (χ2n) is 7.39. The number of amides is 1. The van der Waals surface area contributed by atoms with Gasteiger partial charge in [0, 0.05) is 11.1 Å². The molecule has 0 radical (unpaired) electrons. The fourth-order valence-corrected chi connectivity index (χ4v) is 3.89. The molecule has 150 valence electrons. The molecule has 1 aliphatic rings. The summed E-state index contributed by atoms with van der Waals surface area (Å²) in [7, 11) is 0. The van der Waals surface area contributed by atoms with Gasteiger partial charge in [0.05, 0.1) is 17.9 Å². The number of hydrogen-bond acceptors (Lipinski definition) is 4. The summed E-state index contributed by atoms with van der Waals surface area (Å²) in [5, 5.41) is 10.9. The third-order valence-electron chi connectivity index (χ3n) is 5.34. The highest BCUT2D eigenvalue weighted by molar-refractivity contribution is 6.31. The summed E-state index contributed by atoms with van der Waals surface area (Å²) in [6, 6.07) is 12.0. The fraction of sp³-hybridized carbons (Fsp3) is 0.318. The van der Waals surface area contributed by atoms with Crippen LogP contribution in [-0.2, 0) is 17.6 Å². The highest BCUT2D eigenvalue weighted by atomic mass is 35.5. The lowest BCUT2D eigenvalue weighted by molar-refractivity contribution is -0.115. The van der Waals surface area contributed by atoms with Crippen LogP contribution in [0.2, 0.25) is 5.02 Å². The lowest BCUT2D eigenvalue weighted by atomic mass is 9.89. The summed E-state index contributed by atoms with van der Waals surface area (Å²) < 4.78 is 1.59. The minimum absolute atomic E-state index is 0.0853. The molecule has 7 heteroatoms. The van der Waals surface area contributed by atoms with Crippen molar-refractivity contribution in [3.63, 3.8) is 0 Å². The summed E-state index contributed by atoms with van der Waals surface area (Å²) in [5.74, 6) is -0.140. The molecule has 1 aliphatic carbocycles. The summed E-state index contributed by atoms with van der Waals surface area (Å²) in [4.78, 5) is 16.5. The average Bonchev–Trinajstić information content (AvgIpc) is 3.26. The van der Waals surface area contributed by atoms with E-state index >= 15 is 0 Å². The molecule has 0 fully saturated rings. The molecule has 1 heterocycles. The molecule has 2 aromatic carbocycles. The minimum Gasteiger partial charge on any atom is -0.323 e. The van der Waals surface area contributed by atoms with Gasteiger partial charge in [-0.25, -0.2) is 9.67 Å². The van der Waals surface area contributed by atoms with E-state index in [1.807, 2.05) is 0 Å². The number of rotatable bonds is 6. The Bertz CT molecular complexity index is 1000. The Kier molecular flexibility index (Phi) is 5.92. The molecule has 2 N–H and O–H groups in total. The van der Waals surface area contributed by atoms with Crippen LogP contribution in [-0.4, -0.2) is 27.2 Å². The molecule has 3 aromatic rings. The Morgan fingerprint density at radius 1 is 1.17 bits per heavy atom. The van der Waals surface area contributed by atoms with Crippen LogP contribution in [0.1, 0.15) is 42.5 Å². The van der Waals surface area contributed by atoms with Crippen LogP contribution >= 0.6 is 11.6 Å². The first-order chi connectivity index (χ1) is 14.1. The zero-order chi connectivity index (χ0) is 20.2. The molecule has 29 heavy (non-hydrogen) atoms. The summed E-state index contributed by atoms with van der Waals surface area (Å²) >= 11 is 6.11. The normalized spacial score (nSPS) is 14.3. The van der Waals surface area contributed by atoms with Crippen molar-refractivity contribution in [2.75, 3.05) is 11.9 Å². The van der Waals surface area contributed by atoms with Crippen molar-refractivity contribution in [3.05, 3.63) is 70.8 Å². The molecular formula is C22H24ClN5O. The molecule has 0 bridgehead atoms. The number of aromatic nitrogens is 3. The van der Waals surface area contributed by atoms with E-state index in [2.05, 4.69) is 45.8 Å². The van der Waals surface area contributed by atoms with Gasteiger partial charge in [0.15, 0.2) is 0 Å². The van der Waals surface area contributed by atoms with Gasteiger partial charge in [-0.2, -0.15) is 5.10 Å². The van der Waals surface area contributed by atoms with Crippen molar-refractivity contribution in [2.24, 2.45) is 0 Å². The van der Waals surface area contributed by atoms with E-state index in [1.54, 1.807) is 29.2 Å². The highest BCUT2D eigenvalue weighted by Gasteiger charge is 2.14. The quantitative estimate of drug-likeness (QED) is 0.643. The molecule has 1 aromatic heterocycles. The number of benzene rings is 2. The zero-order valence-corrected chi connectivity index (χ0v) is 17.1. The Balaban J connectivity index is 1.40. The molecule has 0 saturated heterocycles. The standard InChI is InChI=1S/C22H24ClN5O/c1-15(17-7-6-16-4-2-3-5-18(16)10-17)25-12-22(29)27-20-11-19(23)8-9-21(20)28-14-24-13-26-28/h6-11,13-15,25H,2-5,12H2,1H3,(H,27,29)/t15-/m0/s1. The number of nitrogens with one attached hydrogen (secondary N) is 2. The van der Waals surface area contributed by atoms with E-state index < -0.39 is 0 Å². The molecule has 0 aliphatic heterocycles. The third kappa shape index (κ3) is 4.66. The smallest absolute Gasteiger partial charge is 0.238 e. The van der Waals surface area contributed by atoms with E-state index in [-0.39, 0.29) is 18.5 Å². The van der Waals surface area contributed by atoms with Gasteiger partial charge >= 0.3 is 0 Å². The monoisotopic (exact) mass is 409 g/mol. The first-order valence-corrected chi connectivity index (χ1v) is 10.3. The molecule has 1 amide bonds. The maximum Gasteiger partial charge on any atom is 0.238 e. The van der Waals surface area contributed by atoms with Crippen LogP contribution in [0.5, 0.6) is 0 Å². The van der Waals surface area contributed by atoms with E-state index in [4.69, 9.17) is 11.6 Å². The second-order valence-corrected chi connectivity index (χ2v) is 7.82. The number of nitrogens with zero attached hydrogens (tertiary/aromatic N) is 3. The topological polar surface area (TPSA) is 71.8 Å². The predicted molar refractivity (Wildman–Crippen MR) is 115 cm³/mol. The number of anilines is 1. The van der Waals surface area contributed by atoms with Gasteiger partial charge in [0.25, 0.3) is 0 Å². The average molecular weight is 410 g/mol. The van der Waals surface area contributed by atoms with Crippen molar-refractivity contribution >= 4 is 23.2 Å². The number of aryl methyl sites for hydroxylation is 2. The molecule has 1 atom stereocenters. The Morgan fingerprint density at radius 2 is 2.00 bits per heavy atom. The van der Waals surface area contributed by atoms with Crippen molar-refractivity contribution in [1.82, 2.24) is 20.1 Å². The molecular weight excluding hydrogens is 386 g/mol. The Hall–Kier alpha value is -2.70. The lowest BCUT2D eigenvalue weighted by Crippen LogP contribution is -2.30. The van der Waals surface area contributed by atoms with Gasteiger partial charge in [-0.3, -0.25) is 4.79 Å². The van der Waals surface area contributed by atoms with Crippen LogP contribution in [0.3, 0.4) is 0 Å². The molecule has 6 nitrogen and oxygen atoms in total. The first-order valence-electron chi connectivity index (χ1n) is 9.89. The highest BCUT2D eigenvalue weighted by Crippen LogP contribution is 2.25. The van der Waals surface area contributed by atoms with Gasteiger partial charge < -0.3 is 10.6 Å². The van der Waals surface area contributed by atoms with Crippen LogP contribution < -0.4 is 10.6 Å². The van der Waals surface area contributed by atoms with Crippen molar-refractivity contribution in [3.8, 4) is 5.69 Å². The Morgan fingerprint density at radius 3 is 2.79 bits per heavy atom. The van der Waals surface area contributed by atoms with E-state index in [9.17, 15) is 4.79 Å². The Labute approximate surface area is 175 Å². The van der Waals surface area contributed by atoms with Crippen molar-refractivity contribution < 1.29 is 4.79 Å². The minimum atomic E-state index is -0.140. The second kappa shape index (κ2) is 8.76. The van der Waals surface area contributed by atoms with Crippen molar-refractivity contribution in [1.29, 1.82) is 0 Å². The number of halogens is 1. The number of hydrogen-bond donors (Lipinski definition) is 2. The van der Waals surface area contributed by atoms with Crippen LogP contribution in [0.15, 0.2) is 49.1 Å². The summed E-state index contributed by atoms with van der Waals surface area (Å²) in [5.41, 5.74) is 5.43. The van der Waals surface area contributed by atoms with E-state index in [0.29, 0.717) is 16.4 Å². The number of carbonyl (C=O) groups excluding carboxylic acids is 1. The molecule has 0 saturated carbocycles. The number of fused-ring (bicyclic) bond motifs is 1. The molecule has 0 spiro atoms. The third-order valence-corrected chi connectivity index (χ3v) is 5.57. The van der Waals surface area contributed by atoms with Gasteiger partial charge in [-0.05, 0) is 67.5 Å². The van der Waals surface area contributed by atoms with E-state index in [1.165, 1.54) is 42.3 Å². The first kappa shape index (κ1) is 19.6. The van der Waals surface area contributed by atoms with Crippen LogP contribution in [0.4, 0.5) is 5.69 Å². The number of carbonyl (C=O) groups is 1. The predicted octanol–water partition coefficient (Wildman–Crippen LogP) is 4.09. The van der Waals surface area contributed by atoms with E-state index in [0.717, 1.165) is 6.42 Å². The zero-order valence-electron chi connectivity index (χ0n) is 16.4. The summed E-state index contributed by atoms with van der Waals surface area (Å²) in [6.45, 7) is 2.28. The van der Waals surface area contributed by atoms with Gasteiger partial charge in [0.2, 0.25) is 5.91 Å². The SMILES string of the molecule is C[C@H](NCC(=O)Nc1cc(Cl)ccc1-n1cncn1)c1ccc2c(c1)CCCC2. The molecule has 4 rings (SSSR count). The van der Waals surface area contributed by atoms with Crippen LogP contribution in [0.25, 0.3) is 5.69 Å². The summed E-state index contributed by atoms with van der Waals surface area (Å²) in [6.07, 6.45) is 7.88. The van der Waals surface area contributed by atoms with Gasteiger partial charge in [-0.15, -0.1) is 0 Å². The maximum atomic E-state index is 12.6. The maximum absolute atomic E-state index is 12.6. The van der Waals surface area contributed by atoms with Gasteiger partial charge in [0.1, 0.15) is 12.7 Å². The largest absolute Gasteiger partial charge is 0.323 e. The van der Waals surface area contributed by atoms with Crippen molar-refractivity contribution in [2.45, 2.75) is 38.6 Å². The fourth-order valence-electron chi connectivity index (χ4n) is 3.72. The van der Waals surface area contributed by atoms with Crippen LogP contribution in [0, 0.1) is 0 Å².